The van der Waals surface area contributed by atoms with Crippen LogP contribution in [0.25, 0.3) is 11.1 Å². The van der Waals surface area contributed by atoms with Crippen molar-refractivity contribution >= 4 is 0 Å². The maximum Gasteiger partial charge on any atom is 0.262 e. The lowest BCUT2D eigenvalue weighted by Crippen LogP contribution is -2.30. The summed E-state index contributed by atoms with van der Waals surface area (Å²) < 4.78 is 0. The maximum atomic E-state index is 12.3. The largest absolute Gasteiger partial charge is 0.493 e. The predicted molar refractivity (Wildman–Crippen MR) is 83.1 cm³/mol. The Morgan fingerprint density at radius 2 is 1.90 bits per heavy atom. The van der Waals surface area contributed by atoms with E-state index in [9.17, 15) is 9.90 Å². The number of hydrogen-bond donors (Lipinski definition) is 3. The summed E-state index contributed by atoms with van der Waals surface area (Å²) >= 11 is 0. The van der Waals surface area contributed by atoms with Crippen molar-refractivity contribution < 1.29 is 5.11 Å². The van der Waals surface area contributed by atoms with Crippen LogP contribution < -0.4 is 11.3 Å². The summed E-state index contributed by atoms with van der Waals surface area (Å²) in [5.41, 5.74) is 7.17. The van der Waals surface area contributed by atoms with Crippen molar-refractivity contribution in [2.24, 2.45) is 11.1 Å². The Balaban J connectivity index is 2.59. The molecule has 0 fully saturated rings. The molecule has 0 bridgehead atoms. The molecule has 2 rings (SSSR count). The van der Waals surface area contributed by atoms with Crippen LogP contribution in [0.15, 0.2) is 29.1 Å². The summed E-state index contributed by atoms with van der Waals surface area (Å²) in [5, 5.41) is 10.2. The molecule has 0 spiro atoms. The van der Waals surface area contributed by atoms with Gasteiger partial charge in [-0.3, -0.25) is 4.79 Å². The first-order valence-electron chi connectivity index (χ1n) is 6.86. The normalized spacial score (nSPS) is 13.2. The van der Waals surface area contributed by atoms with E-state index in [1.165, 1.54) is 0 Å². The van der Waals surface area contributed by atoms with E-state index in [2.05, 4.69) is 9.97 Å². The van der Waals surface area contributed by atoms with E-state index in [-0.39, 0.29) is 22.4 Å². The number of aromatic hydroxyl groups is 1. The number of hydrogen-bond acceptors (Lipinski definition) is 4. The van der Waals surface area contributed by atoms with Crippen molar-refractivity contribution in [3.63, 3.8) is 0 Å². The number of rotatable bonds is 2. The van der Waals surface area contributed by atoms with Crippen molar-refractivity contribution in [2.75, 3.05) is 0 Å². The van der Waals surface area contributed by atoms with E-state index in [4.69, 9.17) is 5.73 Å². The predicted octanol–water partition coefficient (Wildman–Crippen LogP) is 2.50. The molecule has 5 nitrogen and oxygen atoms in total. The van der Waals surface area contributed by atoms with Gasteiger partial charge in [-0.15, -0.1) is 0 Å². The van der Waals surface area contributed by atoms with Crippen molar-refractivity contribution in [3.8, 4) is 17.0 Å². The molecule has 0 radical (unpaired) electrons. The average Bonchev–Trinajstić information content (AvgIpc) is 2.38. The molecule has 0 aliphatic heterocycles. The molecule has 1 aromatic carbocycles. The van der Waals surface area contributed by atoms with Gasteiger partial charge in [-0.05, 0) is 23.5 Å². The molecule has 1 unspecified atom stereocenters. The Morgan fingerprint density at radius 3 is 2.43 bits per heavy atom. The molecule has 1 heterocycles. The minimum Gasteiger partial charge on any atom is -0.493 e. The summed E-state index contributed by atoms with van der Waals surface area (Å²) in [7, 11) is 0. The lowest BCUT2D eigenvalue weighted by Gasteiger charge is -2.26. The average molecular weight is 287 g/mol. The van der Waals surface area contributed by atoms with E-state index in [1.807, 2.05) is 45.9 Å². The Labute approximate surface area is 123 Å². The summed E-state index contributed by atoms with van der Waals surface area (Å²) in [5.74, 6) is 0.00471. The standard InChI is InChI=1S/C16H21N3O2/c1-9-7-5-6-8-10(9)11-14(20)18-13(19-15(11)21)12(17)16(2,3)4/h5-8,12H,17H2,1-4H3,(H2,18,19,20,21). The van der Waals surface area contributed by atoms with Crippen molar-refractivity contribution in [1.82, 2.24) is 9.97 Å². The van der Waals surface area contributed by atoms with Gasteiger partial charge in [0.2, 0.25) is 5.88 Å². The summed E-state index contributed by atoms with van der Waals surface area (Å²) in [4.78, 5) is 19.1. The van der Waals surface area contributed by atoms with E-state index in [0.717, 1.165) is 5.56 Å². The van der Waals surface area contributed by atoms with Crippen LogP contribution in [0.1, 0.15) is 38.2 Å². The molecule has 4 N–H and O–H groups in total. The molecule has 2 aromatic rings. The van der Waals surface area contributed by atoms with Gasteiger partial charge >= 0.3 is 0 Å². The molecular formula is C16H21N3O2. The van der Waals surface area contributed by atoms with Crippen LogP contribution >= 0.6 is 0 Å². The van der Waals surface area contributed by atoms with Crippen LogP contribution in [-0.4, -0.2) is 15.1 Å². The highest BCUT2D eigenvalue weighted by atomic mass is 16.3. The third-order valence-corrected chi connectivity index (χ3v) is 3.56. The highest BCUT2D eigenvalue weighted by Gasteiger charge is 2.26. The summed E-state index contributed by atoms with van der Waals surface area (Å²) in [6.07, 6.45) is 0. The molecule has 21 heavy (non-hydrogen) atoms. The van der Waals surface area contributed by atoms with E-state index in [1.54, 1.807) is 6.07 Å². The number of aromatic nitrogens is 2. The van der Waals surface area contributed by atoms with Gasteiger partial charge < -0.3 is 15.8 Å². The van der Waals surface area contributed by atoms with Crippen LogP contribution in [0.3, 0.4) is 0 Å². The Hall–Kier alpha value is -2.14. The van der Waals surface area contributed by atoms with Crippen LogP contribution in [0.5, 0.6) is 5.88 Å². The first-order valence-corrected chi connectivity index (χ1v) is 6.86. The van der Waals surface area contributed by atoms with Gasteiger partial charge in [-0.2, -0.15) is 4.98 Å². The molecule has 0 aliphatic carbocycles. The third kappa shape index (κ3) is 2.97. The van der Waals surface area contributed by atoms with Crippen molar-refractivity contribution in [2.45, 2.75) is 33.7 Å². The molecule has 1 aromatic heterocycles. The first-order chi connectivity index (χ1) is 9.71. The fraction of sp³-hybridized carbons (Fsp3) is 0.375. The quantitative estimate of drug-likeness (QED) is 0.791. The monoisotopic (exact) mass is 287 g/mol. The van der Waals surface area contributed by atoms with Gasteiger partial charge in [0, 0.05) is 0 Å². The molecule has 0 aliphatic rings. The number of aromatic amines is 1. The Morgan fingerprint density at radius 1 is 1.29 bits per heavy atom. The number of H-pyrrole nitrogens is 1. The zero-order valence-corrected chi connectivity index (χ0v) is 12.8. The van der Waals surface area contributed by atoms with Gasteiger partial charge in [-0.25, -0.2) is 0 Å². The topological polar surface area (TPSA) is 92.0 Å². The highest BCUT2D eigenvalue weighted by Crippen LogP contribution is 2.31. The second-order valence-electron chi connectivity index (χ2n) is 6.31. The number of benzene rings is 1. The fourth-order valence-corrected chi connectivity index (χ4v) is 2.13. The van der Waals surface area contributed by atoms with Crippen molar-refractivity contribution in [1.29, 1.82) is 0 Å². The van der Waals surface area contributed by atoms with Gasteiger partial charge in [-0.1, -0.05) is 45.0 Å². The zero-order valence-electron chi connectivity index (χ0n) is 12.8. The lowest BCUT2D eigenvalue weighted by molar-refractivity contribution is 0.311. The van der Waals surface area contributed by atoms with Gasteiger partial charge in [0.15, 0.2) is 0 Å². The third-order valence-electron chi connectivity index (χ3n) is 3.56. The summed E-state index contributed by atoms with van der Waals surface area (Å²) in [6, 6.07) is 6.88. The minimum atomic E-state index is -0.470. The zero-order chi connectivity index (χ0) is 15.8. The molecule has 0 saturated heterocycles. The van der Waals surface area contributed by atoms with E-state index < -0.39 is 6.04 Å². The van der Waals surface area contributed by atoms with Crippen LogP contribution in [0.2, 0.25) is 0 Å². The number of nitrogens with one attached hydrogen (secondary N) is 1. The maximum absolute atomic E-state index is 12.3. The molecule has 1 atom stereocenters. The lowest BCUT2D eigenvalue weighted by atomic mass is 9.87. The molecule has 5 heteroatoms. The molecule has 0 amide bonds. The van der Waals surface area contributed by atoms with E-state index >= 15 is 0 Å². The molecule has 112 valence electrons. The second-order valence-corrected chi connectivity index (χ2v) is 6.31. The summed E-state index contributed by atoms with van der Waals surface area (Å²) in [6.45, 7) is 7.72. The molecular weight excluding hydrogens is 266 g/mol. The first kappa shape index (κ1) is 15.3. The van der Waals surface area contributed by atoms with Crippen LogP contribution in [0, 0.1) is 12.3 Å². The van der Waals surface area contributed by atoms with Gasteiger partial charge in [0.1, 0.15) is 11.4 Å². The minimum absolute atomic E-state index is 0.179. The van der Waals surface area contributed by atoms with Gasteiger partial charge in [0.05, 0.1) is 6.04 Å². The van der Waals surface area contributed by atoms with Crippen molar-refractivity contribution in [3.05, 3.63) is 46.0 Å². The Kier molecular flexibility index (Phi) is 3.87. The van der Waals surface area contributed by atoms with Gasteiger partial charge in [0.25, 0.3) is 5.56 Å². The number of nitrogens with zero attached hydrogens (tertiary/aromatic N) is 1. The number of nitrogens with two attached hydrogens (primary N) is 1. The van der Waals surface area contributed by atoms with E-state index in [0.29, 0.717) is 11.4 Å². The van der Waals surface area contributed by atoms with Crippen LogP contribution in [0.4, 0.5) is 0 Å². The number of aryl methyl sites for hydroxylation is 1. The second kappa shape index (κ2) is 5.33. The highest BCUT2D eigenvalue weighted by molar-refractivity contribution is 5.70. The smallest absolute Gasteiger partial charge is 0.262 e. The molecule has 0 saturated carbocycles. The Bertz CT molecular complexity index is 714. The fourth-order valence-electron chi connectivity index (χ4n) is 2.13. The van der Waals surface area contributed by atoms with Crippen LogP contribution in [-0.2, 0) is 0 Å². The SMILES string of the molecule is Cc1ccccc1-c1c(O)nc(C(N)C(C)(C)C)[nH]c1=O.